The molecule has 90 valence electrons. The van der Waals surface area contributed by atoms with E-state index in [1.54, 1.807) is 0 Å². The molecular weight excluding hydrogens is 210 g/mol. The quantitative estimate of drug-likeness (QED) is 0.584. The third kappa shape index (κ3) is 3.04. The fourth-order valence-corrected chi connectivity index (χ4v) is 2.40. The molecular formula is C15H19NO. The number of rotatable bonds is 4. The van der Waals surface area contributed by atoms with Gasteiger partial charge in [-0.05, 0) is 25.9 Å². The summed E-state index contributed by atoms with van der Waals surface area (Å²) in [6.45, 7) is 6.70. The first-order valence-corrected chi connectivity index (χ1v) is 6.24. The zero-order valence-corrected chi connectivity index (χ0v) is 10.1. The molecule has 0 saturated carbocycles. The summed E-state index contributed by atoms with van der Waals surface area (Å²) in [5, 5.41) is 0. The van der Waals surface area contributed by atoms with Crippen molar-refractivity contribution in [3.05, 3.63) is 48.6 Å². The molecule has 1 heterocycles. The van der Waals surface area contributed by atoms with Gasteiger partial charge in [-0.3, -0.25) is 9.69 Å². The van der Waals surface area contributed by atoms with Gasteiger partial charge in [-0.15, -0.1) is 6.58 Å². The number of likely N-dealkylation sites (tertiary alicyclic amines) is 1. The number of carbonyl (C=O) groups excluding carboxylic acids is 1. The van der Waals surface area contributed by atoms with Crippen LogP contribution in [0.15, 0.2) is 43.0 Å². The van der Waals surface area contributed by atoms with Gasteiger partial charge < -0.3 is 0 Å². The smallest absolute Gasteiger partial charge is 0.166 e. The predicted molar refractivity (Wildman–Crippen MR) is 70.1 cm³/mol. The maximum atomic E-state index is 12.2. The number of carbonyl (C=O) groups is 1. The first kappa shape index (κ1) is 12.1. The summed E-state index contributed by atoms with van der Waals surface area (Å²) in [4.78, 5) is 14.6. The monoisotopic (exact) mass is 229 g/mol. The molecule has 0 bridgehead atoms. The van der Waals surface area contributed by atoms with Gasteiger partial charge in [0.1, 0.15) is 0 Å². The van der Waals surface area contributed by atoms with Gasteiger partial charge in [0, 0.05) is 18.0 Å². The van der Waals surface area contributed by atoms with Crippen molar-refractivity contribution in [2.45, 2.75) is 12.8 Å². The van der Waals surface area contributed by atoms with E-state index in [-0.39, 0.29) is 5.92 Å². The molecule has 1 fully saturated rings. The maximum absolute atomic E-state index is 12.2. The summed E-state index contributed by atoms with van der Waals surface area (Å²) in [5.74, 6) is 0.516. The van der Waals surface area contributed by atoms with E-state index in [9.17, 15) is 4.79 Å². The molecule has 1 saturated heterocycles. The Kier molecular flexibility index (Phi) is 4.10. The van der Waals surface area contributed by atoms with Crippen molar-refractivity contribution in [3.63, 3.8) is 0 Å². The first-order valence-electron chi connectivity index (χ1n) is 6.24. The van der Waals surface area contributed by atoms with E-state index >= 15 is 0 Å². The molecule has 1 aromatic rings. The summed E-state index contributed by atoms with van der Waals surface area (Å²) < 4.78 is 0. The predicted octanol–water partition coefficient (Wildman–Crippen LogP) is 2.77. The van der Waals surface area contributed by atoms with Crippen LogP contribution in [0.5, 0.6) is 0 Å². The highest BCUT2D eigenvalue weighted by molar-refractivity contribution is 5.97. The molecule has 0 spiro atoms. The summed E-state index contributed by atoms with van der Waals surface area (Å²) in [7, 11) is 0. The number of Topliss-reactive ketones (excluding diaryl/α,β-unsaturated/α-hetero) is 1. The van der Waals surface area contributed by atoms with E-state index in [0.717, 1.165) is 38.0 Å². The van der Waals surface area contributed by atoms with Crippen molar-refractivity contribution < 1.29 is 4.79 Å². The highest BCUT2D eigenvalue weighted by Crippen LogP contribution is 2.21. The minimum atomic E-state index is 0.207. The van der Waals surface area contributed by atoms with Gasteiger partial charge in [0.15, 0.2) is 5.78 Å². The molecule has 0 atom stereocenters. The van der Waals surface area contributed by atoms with Crippen LogP contribution in [0.1, 0.15) is 23.2 Å². The molecule has 0 radical (unpaired) electrons. The summed E-state index contributed by atoms with van der Waals surface area (Å²) >= 11 is 0. The van der Waals surface area contributed by atoms with E-state index in [1.165, 1.54) is 0 Å². The fraction of sp³-hybridized carbons (Fsp3) is 0.400. The van der Waals surface area contributed by atoms with Crippen molar-refractivity contribution in [1.82, 2.24) is 4.90 Å². The van der Waals surface area contributed by atoms with Crippen molar-refractivity contribution in [2.75, 3.05) is 19.6 Å². The Bertz CT molecular complexity index is 377. The van der Waals surface area contributed by atoms with E-state index in [2.05, 4.69) is 11.5 Å². The van der Waals surface area contributed by atoms with Gasteiger partial charge in [-0.25, -0.2) is 0 Å². The Labute approximate surface area is 103 Å². The number of hydrogen-bond donors (Lipinski definition) is 0. The number of benzene rings is 1. The van der Waals surface area contributed by atoms with Gasteiger partial charge in [-0.1, -0.05) is 36.4 Å². The second-order valence-corrected chi connectivity index (χ2v) is 4.59. The standard InChI is InChI=1S/C15H19NO/c1-2-10-16-11-8-14(9-12-16)15(17)13-6-4-3-5-7-13/h2-7,14H,1,8-12H2. The molecule has 0 unspecified atom stereocenters. The zero-order valence-electron chi connectivity index (χ0n) is 10.1. The molecule has 0 amide bonds. The summed E-state index contributed by atoms with van der Waals surface area (Å²) in [6, 6.07) is 9.64. The van der Waals surface area contributed by atoms with E-state index in [4.69, 9.17) is 0 Å². The lowest BCUT2D eigenvalue weighted by atomic mass is 9.89. The Balaban J connectivity index is 1.93. The molecule has 1 aliphatic rings. The lowest BCUT2D eigenvalue weighted by Gasteiger charge is -2.30. The van der Waals surface area contributed by atoms with Crippen molar-refractivity contribution in [1.29, 1.82) is 0 Å². The minimum absolute atomic E-state index is 0.207. The first-order chi connectivity index (χ1) is 8.31. The third-order valence-corrected chi connectivity index (χ3v) is 3.40. The van der Waals surface area contributed by atoms with Crippen LogP contribution in [0.4, 0.5) is 0 Å². The van der Waals surface area contributed by atoms with Crippen LogP contribution < -0.4 is 0 Å². The highest BCUT2D eigenvalue weighted by atomic mass is 16.1. The number of nitrogens with zero attached hydrogens (tertiary/aromatic N) is 1. The lowest BCUT2D eigenvalue weighted by molar-refractivity contribution is 0.0848. The Morgan fingerprint density at radius 1 is 1.29 bits per heavy atom. The van der Waals surface area contributed by atoms with Crippen LogP contribution in [-0.2, 0) is 0 Å². The molecule has 1 aromatic carbocycles. The third-order valence-electron chi connectivity index (χ3n) is 3.40. The van der Waals surface area contributed by atoms with Gasteiger partial charge >= 0.3 is 0 Å². The second-order valence-electron chi connectivity index (χ2n) is 4.59. The SMILES string of the molecule is C=CCN1CCC(C(=O)c2ccccc2)CC1. The normalized spacial score (nSPS) is 17.9. The minimum Gasteiger partial charge on any atom is -0.300 e. The molecule has 2 heteroatoms. The van der Waals surface area contributed by atoms with Gasteiger partial charge in [0.25, 0.3) is 0 Å². The average molecular weight is 229 g/mol. The van der Waals surface area contributed by atoms with Crippen molar-refractivity contribution in [2.24, 2.45) is 5.92 Å². The number of hydrogen-bond acceptors (Lipinski definition) is 2. The van der Waals surface area contributed by atoms with Gasteiger partial charge in [0.05, 0.1) is 0 Å². The average Bonchev–Trinajstić information content (AvgIpc) is 2.40. The van der Waals surface area contributed by atoms with Crippen molar-refractivity contribution >= 4 is 5.78 Å². The molecule has 1 aliphatic heterocycles. The van der Waals surface area contributed by atoms with Crippen LogP contribution in [-0.4, -0.2) is 30.3 Å². The molecule has 0 N–H and O–H groups in total. The molecule has 2 rings (SSSR count). The van der Waals surface area contributed by atoms with E-state index < -0.39 is 0 Å². The Hall–Kier alpha value is -1.41. The molecule has 17 heavy (non-hydrogen) atoms. The van der Waals surface area contributed by atoms with Crippen LogP contribution in [0.25, 0.3) is 0 Å². The topological polar surface area (TPSA) is 20.3 Å². The van der Waals surface area contributed by atoms with Crippen LogP contribution in [0.3, 0.4) is 0 Å². The fourth-order valence-electron chi connectivity index (χ4n) is 2.40. The van der Waals surface area contributed by atoms with Gasteiger partial charge in [0.2, 0.25) is 0 Å². The summed E-state index contributed by atoms with van der Waals surface area (Å²) in [5.41, 5.74) is 0.856. The van der Waals surface area contributed by atoms with Gasteiger partial charge in [-0.2, -0.15) is 0 Å². The lowest BCUT2D eigenvalue weighted by Crippen LogP contribution is -2.36. The Morgan fingerprint density at radius 2 is 1.94 bits per heavy atom. The molecule has 0 aliphatic carbocycles. The Morgan fingerprint density at radius 3 is 2.53 bits per heavy atom. The number of ketones is 1. The van der Waals surface area contributed by atoms with Crippen LogP contribution >= 0.6 is 0 Å². The largest absolute Gasteiger partial charge is 0.300 e. The zero-order chi connectivity index (χ0) is 12.1. The summed E-state index contributed by atoms with van der Waals surface area (Å²) in [6.07, 6.45) is 3.88. The van der Waals surface area contributed by atoms with Crippen molar-refractivity contribution in [3.8, 4) is 0 Å². The second kappa shape index (κ2) is 5.78. The highest BCUT2D eigenvalue weighted by Gasteiger charge is 2.24. The number of piperidine rings is 1. The van der Waals surface area contributed by atoms with E-state index in [0.29, 0.717) is 5.78 Å². The molecule has 0 aromatic heterocycles. The van der Waals surface area contributed by atoms with Crippen LogP contribution in [0, 0.1) is 5.92 Å². The maximum Gasteiger partial charge on any atom is 0.166 e. The van der Waals surface area contributed by atoms with E-state index in [1.807, 2.05) is 36.4 Å². The van der Waals surface area contributed by atoms with Crippen LogP contribution in [0.2, 0.25) is 0 Å². The molecule has 2 nitrogen and oxygen atoms in total.